The van der Waals surface area contributed by atoms with Crippen molar-refractivity contribution in [1.29, 1.82) is 0 Å². The Balaban J connectivity index is 4.97. The van der Waals surface area contributed by atoms with Crippen LogP contribution in [-0.4, -0.2) is 57.3 Å². The lowest BCUT2D eigenvalue weighted by atomic mass is 10.1. The maximum Gasteiger partial charge on any atom is 0.309 e. The van der Waals surface area contributed by atoms with Crippen LogP contribution in [0.5, 0.6) is 0 Å². The molecule has 0 aromatic heterocycles. The lowest BCUT2D eigenvalue weighted by molar-refractivity contribution is -0.878. The number of hydrogen-bond donors (Lipinski definition) is 3. The molecule has 0 unspecified atom stereocenters. The fourth-order valence-electron chi connectivity index (χ4n) is 2.50. The topological polar surface area (TPSA) is 112 Å². The first-order valence-electron chi connectivity index (χ1n) is 8.50. The molecule has 0 saturated carbocycles. The minimum Gasteiger partial charge on any atom is -0.481 e. The molecule has 138 valence electrons. The highest BCUT2D eigenvalue weighted by Crippen LogP contribution is 2.15. The predicted molar refractivity (Wildman–Crippen MR) is 89.5 cm³/mol. The molecular formula is C17H30NO6+. The van der Waals surface area contributed by atoms with Crippen LogP contribution in [0.15, 0.2) is 12.3 Å². The molecule has 0 radical (unpaired) electrons. The fourth-order valence-corrected chi connectivity index (χ4v) is 2.50. The third kappa shape index (κ3) is 11.6. The summed E-state index contributed by atoms with van der Waals surface area (Å²) in [5.74, 6) is -2.92. The van der Waals surface area contributed by atoms with Gasteiger partial charge in [-0.3, -0.25) is 18.9 Å². The smallest absolute Gasteiger partial charge is 0.309 e. The Bertz CT molecular complexity index is 387. The highest BCUT2D eigenvalue weighted by molar-refractivity contribution is 5.67. The van der Waals surface area contributed by atoms with Crippen molar-refractivity contribution >= 4 is 17.9 Å². The van der Waals surface area contributed by atoms with Crippen molar-refractivity contribution in [1.82, 2.24) is 0 Å². The van der Waals surface area contributed by atoms with Gasteiger partial charge in [-0.25, -0.2) is 0 Å². The highest BCUT2D eigenvalue weighted by atomic mass is 16.4. The number of carboxylic acids is 3. The maximum absolute atomic E-state index is 10.9. The molecule has 0 amide bonds. The molecule has 0 fully saturated rings. The first-order valence-corrected chi connectivity index (χ1v) is 8.50. The zero-order valence-corrected chi connectivity index (χ0v) is 14.4. The van der Waals surface area contributed by atoms with Crippen molar-refractivity contribution in [2.75, 3.05) is 19.6 Å². The SMILES string of the molecule is CCCCCC/C=C/[N+](CCC(=O)O)(CCC(=O)O)CCC(=O)O. The van der Waals surface area contributed by atoms with E-state index in [4.69, 9.17) is 15.3 Å². The molecular weight excluding hydrogens is 314 g/mol. The van der Waals surface area contributed by atoms with Crippen LogP contribution in [0.4, 0.5) is 0 Å². The Morgan fingerprint density at radius 3 is 1.62 bits per heavy atom. The van der Waals surface area contributed by atoms with Gasteiger partial charge in [0.2, 0.25) is 0 Å². The van der Waals surface area contributed by atoms with E-state index in [1.54, 1.807) is 6.20 Å². The van der Waals surface area contributed by atoms with Crippen LogP contribution in [0.2, 0.25) is 0 Å². The maximum atomic E-state index is 10.9. The summed E-state index contributed by atoms with van der Waals surface area (Å²) in [4.78, 5) is 32.7. The summed E-state index contributed by atoms with van der Waals surface area (Å²) in [5.41, 5.74) is 0. The van der Waals surface area contributed by atoms with Gasteiger partial charge < -0.3 is 15.3 Å². The molecule has 0 bridgehead atoms. The Labute approximate surface area is 143 Å². The normalized spacial score (nSPS) is 11.7. The molecule has 7 heteroatoms. The van der Waals surface area contributed by atoms with Gasteiger partial charge >= 0.3 is 17.9 Å². The van der Waals surface area contributed by atoms with E-state index in [9.17, 15) is 14.4 Å². The van der Waals surface area contributed by atoms with Crippen LogP contribution in [0.1, 0.15) is 58.3 Å². The Morgan fingerprint density at radius 2 is 1.25 bits per heavy atom. The number of quaternary nitrogens is 1. The van der Waals surface area contributed by atoms with E-state index in [0.717, 1.165) is 32.1 Å². The third-order valence-corrected chi connectivity index (χ3v) is 3.96. The van der Waals surface area contributed by atoms with Crippen molar-refractivity contribution in [2.45, 2.75) is 58.3 Å². The molecule has 7 nitrogen and oxygen atoms in total. The highest BCUT2D eigenvalue weighted by Gasteiger charge is 2.27. The monoisotopic (exact) mass is 344 g/mol. The minimum atomic E-state index is -0.973. The summed E-state index contributed by atoms with van der Waals surface area (Å²) >= 11 is 0. The predicted octanol–water partition coefficient (Wildman–Crippen LogP) is 2.71. The molecule has 24 heavy (non-hydrogen) atoms. The number of allylic oxidation sites excluding steroid dienone is 1. The lowest BCUT2D eigenvalue weighted by Crippen LogP contribution is -2.47. The zero-order chi connectivity index (χ0) is 18.4. The van der Waals surface area contributed by atoms with Crippen molar-refractivity contribution in [3.05, 3.63) is 12.3 Å². The quantitative estimate of drug-likeness (QED) is 0.311. The first-order chi connectivity index (χ1) is 11.3. The summed E-state index contributed by atoms with van der Waals surface area (Å²) in [6.07, 6.45) is 8.61. The van der Waals surface area contributed by atoms with Crippen molar-refractivity contribution in [3.63, 3.8) is 0 Å². The molecule has 0 saturated heterocycles. The van der Waals surface area contributed by atoms with Gasteiger partial charge in [0.1, 0.15) is 0 Å². The lowest BCUT2D eigenvalue weighted by Gasteiger charge is -2.34. The van der Waals surface area contributed by atoms with E-state index in [2.05, 4.69) is 6.92 Å². The summed E-state index contributed by atoms with van der Waals surface area (Å²) in [7, 11) is 0. The Kier molecular flexibility index (Phi) is 11.5. The number of carboxylic acid groups (broad SMARTS) is 3. The summed E-state index contributed by atoms with van der Waals surface area (Å²) in [6.45, 7) is 2.71. The van der Waals surface area contributed by atoms with Crippen LogP contribution >= 0.6 is 0 Å². The largest absolute Gasteiger partial charge is 0.481 e. The van der Waals surface area contributed by atoms with E-state index in [0.29, 0.717) is 0 Å². The van der Waals surface area contributed by atoms with Crippen LogP contribution in [0.25, 0.3) is 0 Å². The molecule has 0 aliphatic rings. The van der Waals surface area contributed by atoms with Gasteiger partial charge in [0.05, 0.1) is 45.1 Å². The number of carbonyl (C=O) groups is 3. The van der Waals surface area contributed by atoms with E-state index >= 15 is 0 Å². The zero-order valence-electron chi connectivity index (χ0n) is 14.4. The second-order valence-electron chi connectivity index (χ2n) is 6.05. The van der Waals surface area contributed by atoms with E-state index in [1.165, 1.54) is 0 Å². The van der Waals surface area contributed by atoms with E-state index in [-0.39, 0.29) is 43.4 Å². The molecule has 3 N–H and O–H groups in total. The number of nitrogens with zero attached hydrogens (tertiary/aromatic N) is 1. The summed E-state index contributed by atoms with van der Waals surface area (Å²) in [6, 6.07) is 0. The summed E-state index contributed by atoms with van der Waals surface area (Å²) < 4.78 is 0.0820. The third-order valence-electron chi connectivity index (χ3n) is 3.96. The number of rotatable bonds is 15. The molecule has 0 rings (SSSR count). The van der Waals surface area contributed by atoms with Crippen molar-refractivity contribution in [3.8, 4) is 0 Å². The minimum absolute atomic E-state index is 0.0820. The number of hydrogen-bond acceptors (Lipinski definition) is 3. The van der Waals surface area contributed by atoms with Gasteiger partial charge in [0.25, 0.3) is 0 Å². The van der Waals surface area contributed by atoms with Crippen LogP contribution in [-0.2, 0) is 14.4 Å². The van der Waals surface area contributed by atoms with Gasteiger partial charge in [0, 0.05) is 0 Å². The standard InChI is InChI=1S/C17H29NO6/c1-2-3-4-5-6-7-11-18(12-8-15(19)20,13-9-16(21)22)14-10-17(23)24/h7,11H,2-6,8-10,12-14H2,1H3,(H2-,19,20,21,22,23,24)/p+1/b11-7+. The fraction of sp³-hybridized carbons (Fsp3) is 0.706. The number of unbranched alkanes of at least 4 members (excludes halogenated alkanes) is 4. The second-order valence-corrected chi connectivity index (χ2v) is 6.05. The molecule has 0 aliphatic heterocycles. The van der Waals surface area contributed by atoms with Crippen molar-refractivity contribution in [2.24, 2.45) is 0 Å². The second kappa shape index (κ2) is 12.5. The van der Waals surface area contributed by atoms with Crippen LogP contribution < -0.4 is 0 Å². The molecule has 0 heterocycles. The van der Waals surface area contributed by atoms with E-state index < -0.39 is 17.9 Å². The van der Waals surface area contributed by atoms with Gasteiger partial charge in [-0.05, 0) is 18.9 Å². The average Bonchev–Trinajstić information content (AvgIpc) is 2.51. The van der Waals surface area contributed by atoms with Gasteiger partial charge in [-0.15, -0.1) is 0 Å². The van der Waals surface area contributed by atoms with Crippen molar-refractivity contribution < 1.29 is 34.2 Å². The molecule has 0 spiro atoms. The molecule has 0 atom stereocenters. The molecule has 0 aromatic carbocycles. The summed E-state index contributed by atoms with van der Waals surface area (Å²) in [5, 5.41) is 26.8. The Hall–Kier alpha value is -1.89. The Morgan fingerprint density at radius 1 is 0.792 bits per heavy atom. The van der Waals surface area contributed by atoms with E-state index in [1.807, 2.05) is 6.08 Å². The van der Waals surface area contributed by atoms with Gasteiger partial charge in [-0.2, -0.15) is 0 Å². The average molecular weight is 344 g/mol. The van der Waals surface area contributed by atoms with Gasteiger partial charge in [0.15, 0.2) is 0 Å². The van der Waals surface area contributed by atoms with Gasteiger partial charge in [-0.1, -0.05) is 26.2 Å². The van der Waals surface area contributed by atoms with Crippen LogP contribution in [0.3, 0.4) is 0 Å². The molecule has 0 aliphatic carbocycles. The van der Waals surface area contributed by atoms with Crippen LogP contribution in [0, 0.1) is 0 Å². The first kappa shape index (κ1) is 22.1. The number of aliphatic carboxylic acids is 3. The molecule has 0 aromatic rings.